The Balaban J connectivity index is 1.90. The van der Waals surface area contributed by atoms with Gasteiger partial charge < -0.3 is 10.2 Å². The van der Waals surface area contributed by atoms with Crippen LogP contribution in [-0.4, -0.2) is 25.2 Å². The van der Waals surface area contributed by atoms with Crippen LogP contribution in [0.2, 0.25) is 0 Å². The van der Waals surface area contributed by atoms with Crippen molar-refractivity contribution >= 4 is 5.69 Å². The molecule has 1 heterocycles. The summed E-state index contributed by atoms with van der Waals surface area (Å²) in [6.45, 7) is 5.39. The third-order valence-corrected chi connectivity index (χ3v) is 4.79. The molecular formula is C18H27N3. The first-order valence-corrected chi connectivity index (χ1v) is 8.04. The van der Waals surface area contributed by atoms with E-state index in [1.54, 1.807) is 0 Å². The molecule has 0 bridgehead atoms. The maximum atomic E-state index is 9.18. The average molecular weight is 285 g/mol. The Morgan fingerprint density at radius 2 is 2.14 bits per heavy atom. The molecule has 0 amide bonds. The highest BCUT2D eigenvalue weighted by Crippen LogP contribution is 2.30. The van der Waals surface area contributed by atoms with Crippen molar-refractivity contribution in [2.24, 2.45) is 0 Å². The number of fused-ring (bicyclic) bond motifs is 1. The van der Waals surface area contributed by atoms with Crippen LogP contribution >= 0.6 is 0 Å². The zero-order valence-corrected chi connectivity index (χ0v) is 13.5. The van der Waals surface area contributed by atoms with E-state index < -0.39 is 0 Å². The lowest BCUT2D eigenvalue weighted by molar-refractivity contribution is 0.429. The van der Waals surface area contributed by atoms with E-state index in [0.717, 1.165) is 25.8 Å². The largest absolute Gasteiger partial charge is 0.369 e. The lowest BCUT2D eigenvalue weighted by Crippen LogP contribution is -2.39. The molecule has 0 aromatic heterocycles. The van der Waals surface area contributed by atoms with Gasteiger partial charge in [0.25, 0.3) is 0 Å². The SMILES string of the molecule is CNC(C)(C#N)CCCCN1c2ccccc2CCC1C. The summed E-state index contributed by atoms with van der Waals surface area (Å²) in [4.78, 5) is 2.54. The number of unbranched alkanes of at least 4 members (excludes halogenated alkanes) is 1. The van der Waals surface area contributed by atoms with E-state index in [1.807, 2.05) is 14.0 Å². The summed E-state index contributed by atoms with van der Waals surface area (Å²) in [5.74, 6) is 0. The molecule has 0 spiro atoms. The topological polar surface area (TPSA) is 39.1 Å². The minimum absolute atomic E-state index is 0.384. The first kappa shape index (κ1) is 15.9. The van der Waals surface area contributed by atoms with Gasteiger partial charge in [0.15, 0.2) is 0 Å². The third-order valence-electron chi connectivity index (χ3n) is 4.79. The Morgan fingerprint density at radius 3 is 2.86 bits per heavy atom. The summed E-state index contributed by atoms with van der Waals surface area (Å²) < 4.78 is 0. The molecule has 0 aliphatic carbocycles. The summed E-state index contributed by atoms with van der Waals surface area (Å²) in [7, 11) is 1.87. The number of para-hydroxylation sites is 1. The van der Waals surface area contributed by atoms with Crippen molar-refractivity contribution in [2.75, 3.05) is 18.5 Å². The Bertz CT molecular complexity index is 505. The van der Waals surface area contributed by atoms with Crippen LogP contribution in [0.15, 0.2) is 24.3 Å². The normalized spacial score (nSPS) is 20.5. The van der Waals surface area contributed by atoms with E-state index in [4.69, 9.17) is 0 Å². The van der Waals surface area contributed by atoms with Crippen LogP contribution < -0.4 is 10.2 Å². The summed E-state index contributed by atoms with van der Waals surface area (Å²) in [5.41, 5.74) is 2.51. The van der Waals surface area contributed by atoms with Crippen LogP contribution in [-0.2, 0) is 6.42 Å². The van der Waals surface area contributed by atoms with Gasteiger partial charge in [-0.05, 0) is 64.6 Å². The van der Waals surface area contributed by atoms with Crippen LogP contribution in [0, 0.1) is 11.3 Å². The Labute approximate surface area is 129 Å². The highest BCUT2D eigenvalue weighted by atomic mass is 15.2. The fraction of sp³-hybridized carbons (Fsp3) is 0.611. The number of anilines is 1. The third kappa shape index (κ3) is 3.77. The molecule has 1 N–H and O–H groups in total. The molecule has 21 heavy (non-hydrogen) atoms. The number of nitrogens with one attached hydrogen (secondary N) is 1. The van der Waals surface area contributed by atoms with Crippen LogP contribution in [0.4, 0.5) is 5.69 Å². The predicted molar refractivity (Wildman–Crippen MR) is 88.5 cm³/mol. The molecule has 3 heteroatoms. The van der Waals surface area contributed by atoms with Gasteiger partial charge in [-0.1, -0.05) is 18.2 Å². The van der Waals surface area contributed by atoms with E-state index in [0.29, 0.717) is 6.04 Å². The summed E-state index contributed by atoms with van der Waals surface area (Å²) in [5, 5.41) is 12.3. The van der Waals surface area contributed by atoms with Crippen LogP contribution in [0.3, 0.4) is 0 Å². The molecule has 114 valence electrons. The number of hydrogen-bond donors (Lipinski definition) is 1. The summed E-state index contributed by atoms with van der Waals surface area (Å²) in [6.07, 6.45) is 5.56. The zero-order valence-electron chi connectivity index (χ0n) is 13.5. The molecule has 0 saturated heterocycles. The van der Waals surface area contributed by atoms with E-state index in [9.17, 15) is 5.26 Å². The van der Waals surface area contributed by atoms with Gasteiger partial charge in [0.1, 0.15) is 5.54 Å². The van der Waals surface area contributed by atoms with Crippen molar-refractivity contribution in [3.05, 3.63) is 29.8 Å². The second-order valence-electron chi connectivity index (χ2n) is 6.36. The molecule has 0 radical (unpaired) electrons. The lowest BCUT2D eigenvalue weighted by Gasteiger charge is -2.37. The van der Waals surface area contributed by atoms with Gasteiger partial charge >= 0.3 is 0 Å². The predicted octanol–water partition coefficient (Wildman–Crippen LogP) is 3.50. The van der Waals surface area contributed by atoms with Gasteiger partial charge in [0.2, 0.25) is 0 Å². The lowest BCUT2D eigenvalue weighted by atomic mass is 9.94. The number of benzene rings is 1. The van der Waals surface area contributed by atoms with Crippen LogP contribution in [0.25, 0.3) is 0 Å². The zero-order chi connectivity index (χ0) is 15.3. The van der Waals surface area contributed by atoms with Gasteiger partial charge in [-0.15, -0.1) is 0 Å². The molecule has 1 aromatic rings. The second-order valence-corrected chi connectivity index (χ2v) is 6.36. The van der Waals surface area contributed by atoms with Gasteiger partial charge in [-0.2, -0.15) is 5.26 Å². The minimum Gasteiger partial charge on any atom is -0.369 e. The number of nitriles is 1. The molecule has 3 nitrogen and oxygen atoms in total. The maximum Gasteiger partial charge on any atom is 0.103 e. The van der Waals surface area contributed by atoms with E-state index in [1.165, 1.54) is 24.1 Å². The van der Waals surface area contributed by atoms with Crippen molar-refractivity contribution < 1.29 is 0 Å². The van der Waals surface area contributed by atoms with E-state index in [2.05, 4.69) is 47.5 Å². The average Bonchev–Trinajstić information content (AvgIpc) is 2.53. The number of nitrogens with zero attached hydrogens (tertiary/aromatic N) is 2. The molecule has 1 aromatic carbocycles. The van der Waals surface area contributed by atoms with Crippen LogP contribution in [0.1, 0.15) is 45.1 Å². The Kier molecular flexibility index (Phi) is 5.25. The highest BCUT2D eigenvalue weighted by molar-refractivity contribution is 5.56. The van der Waals surface area contributed by atoms with Gasteiger partial charge in [-0.3, -0.25) is 0 Å². The Hall–Kier alpha value is -1.53. The number of hydrogen-bond acceptors (Lipinski definition) is 3. The van der Waals surface area contributed by atoms with Gasteiger partial charge in [0, 0.05) is 18.3 Å². The molecule has 2 rings (SSSR count). The van der Waals surface area contributed by atoms with E-state index >= 15 is 0 Å². The molecule has 0 fully saturated rings. The number of rotatable bonds is 6. The van der Waals surface area contributed by atoms with E-state index in [-0.39, 0.29) is 5.54 Å². The van der Waals surface area contributed by atoms with Gasteiger partial charge in [0.05, 0.1) is 6.07 Å². The summed E-state index contributed by atoms with van der Waals surface area (Å²) in [6, 6.07) is 11.8. The van der Waals surface area contributed by atoms with Crippen molar-refractivity contribution in [3.8, 4) is 6.07 Å². The van der Waals surface area contributed by atoms with Crippen molar-refractivity contribution in [2.45, 2.75) is 57.5 Å². The molecule has 1 aliphatic rings. The number of aryl methyl sites for hydroxylation is 1. The molecule has 2 unspecified atom stereocenters. The van der Waals surface area contributed by atoms with Crippen molar-refractivity contribution in [1.29, 1.82) is 5.26 Å². The molecule has 0 saturated carbocycles. The molecule has 2 atom stereocenters. The molecular weight excluding hydrogens is 258 g/mol. The fourth-order valence-electron chi connectivity index (χ4n) is 3.10. The monoisotopic (exact) mass is 285 g/mol. The fourth-order valence-corrected chi connectivity index (χ4v) is 3.10. The Morgan fingerprint density at radius 1 is 1.38 bits per heavy atom. The molecule has 1 aliphatic heterocycles. The van der Waals surface area contributed by atoms with Crippen LogP contribution in [0.5, 0.6) is 0 Å². The quantitative estimate of drug-likeness (QED) is 0.813. The second kappa shape index (κ2) is 6.95. The van der Waals surface area contributed by atoms with Crippen molar-refractivity contribution in [3.63, 3.8) is 0 Å². The first-order chi connectivity index (χ1) is 10.1. The maximum absolute atomic E-state index is 9.18. The minimum atomic E-state index is -0.384. The highest BCUT2D eigenvalue weighted by Gasteiger charge is 2.23. The first-order valence-electron chi connectivity index (χ1n) is 8.04. The summed E-state index contributed by atoms with van der Waals surface area (Å²) >= 11 is 0. The van der Waals surface area contributed by atoms with Gasteiger partial charge in [-0.25, -0.2) is 0 Å². The smallest absolute Gasteiger partial charge is 0.103 e. The standard InChI is InChI=1S/C18H27N3/c1-15-10-11-16-8-4-5-9-17(16)21(15)13-7-6-12-18(2,14-19)20-3/h4-5,8-9,15,20H,6-7,10-13H2,1-3H3. The van der Waals surface area contributed by atoms with Crippen molar-refractivity contribution in [1.82, 2.24) is 5.32 Å².